The Morgan fingerprint density at radius 3 is 2.70 bits per heavy atom. The van der Waals surface area contributed by atoms with Crippen molar-refractivity contribution in [3.63, 3.8) is 0 Å². The van der Waals surface area contributed by atoms with Crippen LogP contribution in [0.4, 0.5) is 0 Å². The van der Waals surface area contributed by atoms with E-state index >= 15 is 0 Å². The molecular formula is C15H16N4S. The first-order chi connectivity index (χ1) is 9.78. The Balaban J connectivity index is 1.84. The molecule has 2 N–H and O–H groups in total. The van der Waals surface area contributed by atoms with Gasteiger partial charge in [0, 0.05) is 17.1 Å². The van der Waals surface area contributed by atoms with Gasteiger partial charge in [-0.2, -0.15) is 0 Å². The van der Waals surface area contributed by atoms with Crippen molar-refractivity contribution in [2.24, 2.45) is 5.73 Å². The molecule has 0 spiro atoms. The number of hydrogen-bond acceptors (Lipinski definition) is 4. The van der Waals surface area contributed by atoms with Crippen molar-refractivity contribution in [3.8, 4) is 0 Å². The molecule has 0 saturated heterocycles. The summed E-state index contributed by atoms with van der Waals surface area (Å²) in [6.45, 7) is 2.09. The van der Waals surface area contributed by atoms with Gasteiger partial charge in [0.1, 0.15) is 0 Å². The van der Waals surface area contributed by atoms with E-state index < -0.39 is 0 Å². The van der Waals surface area contributed by atoms with Gasteiger partial charge in [0.2, 0.25) is 0 Å². The highest BCUT2D eigenvalue weighted by Gasteiger charge is 2.07. The number of benzene rings is 1. The average molecular weight is 284 g/mol. The van der Waals surface area contributed by atoms with Crippen LogP contribution in [0.5, 0.6) is 0 Å². The Morgan fingerprint density at radius 1 is 1.15 bits per heavy atom. The summed E-state index contributed by atoms with van der Waals surface area (Å²) in [5, 5.41) is 9.23. The fraction of sp³-hybridized carbons (Fsp3) is 0.200. The van der Waals surface area contributed by atoms with E-state index in [4.69, 9.17) is 5.73 Å². The number of hydrogen-bond donors (Lipinski definition) is 1. The smallest absolute Gasteiger partial charge is 0.200 e. The zero-order chi connectivity index (χ0) is 13.9. The predicted octanol–water partition coefficient (Wildman–Crippen LogP) is 3.29. The maximum Gasteiger partial charge on any atom is 0.200 e. The lowest BCUT2D eigenvalue weighted by Crippen LogP contribution is -2.07. The van der Waals surface area contributed by atoms with Gasteiger partial charge in [-0.05, 0) is 48.0 Å². The van der Waals surface area contributed by atoms with Crippen LogP contribution in [0, 0.1) is 0 Å². The van der Waals surface area contributed by atoms with Crippen molar-refractivity contribution >= 4 is 17.4 Å². The molecule has 0 bridgehead atoms. The fourth-order valence-corrected chi connectivity index (χ4v) is 2.83. The normalized spacial score (nSPS) is 12.7. The number of rotatable bonds is 4. The van der Waals surface area contributed by atoms with Gasteiger partial charge < -0.3 is 5.73 Å². The minimum atomic E-state index is 0.114. The van der Waals surface area contributed by atoms with E-state index in [0.717, 1.165) is 22.1 Å². The number of fused-ring (bicyclic) bond motifs is 1. The summed E-state index contributed by atoms with van der Waals surface area (Å²) in [6, 6.07) is 14.3. The Bertz CT molecular complexity index is 705. The maximum atomic E-state index is 6.02. The quantitative estimate of drug-likeness (QED) is 0.798. The molecule has 0 aliphatic rings. The second-order valence-corrected chi connectivity index (χ2v) is 5.64. The summed E-state index contributed by atoms with van der Waals surface area (Å²) in [5.41, 5.74) is 8.05. The third-order valence-electron chi connectivity index (χ3n) is 3.24. The molecule has 5 heteroatoms. The monoisotopic (exact) mass is 284 g/mol. The zero-order valence-corrected chi connectivity index (χ0v) is 12.0. The van der Waals surface area contributed by atoms with Gasteiger partial charge in [-0.15, -0.1) is 10.2 Å². The number of aromatic nitrogens is 3. The van der Waals surface area contributed by atoms with E-state index in [2.05, 4.69) is 41.4 Å². The molecule has 1 atom stereocenters. The van der Waals surface area contributed by atoms with Crippen LogP contribution < -0.4 is 5.73 Å². The summed E-state index contributed by atoms with van der Waals surface area (Å²) in [5.74, 6) is 0. The Hall–Kier alpha value is -1.85. The van der Waals surface area contributed by atoms with E-state index in [1.807, 2.05) is 28.8 Å². The van der Waals surface area contributed by atoms with Crippen LogP contribution in [0.25, 0.3) is 5.65 Å². The topological polar surface area (TPSA) is 56.2 Å². The average Bonchev–Trinajstić information content (AvgIpc) is 2.91. The van der Waals surface area contributed by atoms with E-state index in [-0.39, 0.29) is 6.04 Å². The highest BCUT2D eigenvalue weighted by Crippen LogP contribution is 2.27. The summed E-state index contributed by atoms with van der Waals surface area (Å²) in [4.78, 5) is 1.13. The molecule has 0 radical (unpaired) electrons. The van der Waals surface area contributed by atoms with E-state index in [1.54, 1.807) is 11.8 Å². The standard InChI is InChI=1S/C15H16N4S/c1-2-13(16)11-6-8-12(9-7-11)20-15-18-17-14-5-3-4-10-19(14)15/h3-10,13H,2,16H2,1H3/t13-/m1/s1. The molecule has 102 valence electrons. The summed E-state index contributed by atoms with van der Waals surface area (Å²) < 4.78 is 1.98. The van der Waals surface area contributed by atoms with Gasteiger partial charge in [-0.25, -0.2) is 0 Å². The molecule has 0 amide bonds. The number of pyridine rings is 1. The van der Waals surface area contributed by atoms with Gasteiger partial charge in [0.05, 0.1) is 0 Å². The van der Waals surface area contributed by atoms with Crippen molar-refractivity contribution < 1.29 is 0 Å². The Morgan fingerprint density at radius 2 is 1.95 bits per heavy atom. The molecule has 0 unspecified atom stereocenters. The third kappa shape index (κ3) is 2.55. The number of nitrogens with two attached hydrogens (primary N) is 1. The van der Waals surface area contributed by atoms with Crippen molar-refractivity contribution in [1.82, 2.24) is 14.6 Å². The molecule has 2 aromatic heterocycles. The largest absolute Gasteiger partial charge is 0.324 e. The molecule has 2 heterocycles. The molecule has 4 nitrogen and oxygen atoms in total. The molecule has 0 saturated carbocycles. The number of nitrogens with zero attached hydrogens (tertiary/aromatic N) is 3. The van der Waals surface area contributed by atoms with Crippen molar-refractivity contribution in [3.05, 3.63) is 54.2 Å². The second-order valence-electron chi connectivity index (χ2n) is 4.60. The van der Waals surface area contributed by atoms with Crippen LogP contribution in [0.1, 0.15) is 24.9 Å². The first kappa shape index (κ1) is 13.1. The molecular weight excluding hydrogens is 268 g/mol. The van der Waals surface area contributed by atoms with E-state index in [9.17, 15) is 0 Å². The summed E-state index contributed by atoms with van der Waals surface area (Å²) >= 11 is 1.60. The van der Waals surface area contributed by atoms with Gasteiger partial charge in [-0.1, -0.05) is 25.1 Å². The van der Waals surface area contributed by atoms with Gasteiger partial charge in [0.25, 0.3) is 0 Å². The molecule has 0 aliphatic carbocycles. The van der Waals surface area contributed by atoms with Gasteiger partial charge >= 0.3 is 0 Å². The summed E-state index contributed by atoms with van der Waals surface area (Å²) in [6.07, 6.45) is 2.92. The molecule has 3 aromatic rings. The lowest BCUT2D eigenvalue weighted by atomic mass is 10.1. The van der Waals surface area contributed by atoms with Crippen LogP contribution in [-0.2, 0) is 0 Å². The van der Waals surface area contributed by atoms with Crippen LogP contribution in [-0.4, -0.2) is 14.6 Å². The fourth-order valence-electron chi connectivity index (χ4n) is 2.01. The first-order valence-corrected chi connectivity index (χ1v) is 7.42. The highest BCUT2D eigenvalue weighted by atomic mass is 32.2. The minimum Gasteiger partial charge on any atom is -0.324 e. The zero-order valence-electron chi connectivity index (χ0n) is 11.2. The van der Waals surface area contributed by atoms with E-state index in [0.29, 0.717) is 0 Å². The molecule has 0 aliphatic heterocycles. The van der Waals surface area contributed by atoms with Crippen molar-refractivity contribution in [2.75, 3.05) is 0 Å². The van der Waals surface area contributed by atoms with Crippen molar-refractivity contribution in [1.29, 1.82) is 0 Å². The summed E-state index contributed by atoms with van der Waals surface area (Å²) in [7, 11) is 0. The predicted molar refractivity (Wildman–Crippen MR) is 80.8 cm³/mol. The van der Waals surface area contributed by atoms with Crippen LogP contribution in [0.2, 0.25) is 0 Å². The third-order valence-corrected chi connectivity index (χ3v) is 4.21. The maximum absolute atomic E-state index is 6.02. The minimum absolute atomic E-state index is 0.114. The van der Waals surface area contributed by atoms with E-state index in [1.165, 1.54) is 5.56 Å². The molecule has 3 rings (SSSR count). The van der Waals surface area contributed by atoms with Crippen LogP contribution in [0.15, 0.2) is 58.7 Å². The van der Waals surface area contributed by atoms with Crippen molar-refractivity contribution in [2.45, 2.75) is 29.4 Å². The first-order valence-electron chi connectivity index (χ1n) is 6.61. The second kappa shape index (κ2) is 5.64. The lowest BCUT2D eigenvalue weighted by molar-refractivity contribution is 0.698. The molecule has 0 fully saturated rings. The van der Waals surface area contributed by atoms with Gasteiger partial charge in [0.15, 0.2) is 10.8 Å². The SMILES string of the molecule is CC[C@@H](N)c1ccc(Sc2nnc3ccccn23)cc1. The molecule has 1 aromatic carbocycles. The Kier molecular flexibility index (Phi) is 3.71. The van der Waals surface area contributed by atoms with Crippen LogP contribution in [0.3, 0.4) is 0 Å². The lowest BCUT2D eigenvalue weighted by Gasteiger charge is -2.09. The Labute approximate surface area is 122 Å². The van der Waals surface area contributed by atoms with Crippen LogP contribution >= 0.6 is 11.8 Å². The van der Waals surface area contributed by atoms with Gasteiger partial charge in [-0.3, -0.25) is 4.40 Å². The molecule has 20 heavy (non-hydrogen) atoms. The highest BCUT2D eigenvalue weighted by molar-refractivity contribution is 7.99.